The molecular weight excluding hydrogens is 396 g/mol. The van der Waals surface area contributed by atoms with E-state index in [1.165, 1.54) is 6.07 Å². The van der Waals surface area contributed by atoms with Crippen molar-refractivity contribution < 1.29 is 24.3 Å². The second kappa shape index (κ2) is 6.61. The van der Waals surface area contributed by atoms with Crippen molar-refractivity contribution >= 4 is 17.5 Å². The molecule has 0 bridgehead atoms. The van der Waals surface area contributed by atoms with Crippen LogP contribution in [-0.2, 0) is 14.4 Å². The number of hydrogen-bond acceptors (Lipinski definition) is 6. The van der Waals surface area contributed by atoms with Gasteiger partial charge in [0.25, 0.3) is 5.91 Å². The molecule has 0 spiro atoms. The van der Waals surface area contributed by atoms with Gasteiger partial charge in [-0.05, 0) is 29.0 Å². The Morgan fingerprint density at radius 3 is 2.61 bits per heavy atom. The summed E-state index contributed by atoms with van der Waals surface area (Å²) in [6.45, 7) is 5.92. The number of phenolic OH excluding ortho intramolecular Hbond substituents is 1. The molecule has 1 amide bonds. The first kappa shape index (κ1) is 20.2. The zero-order valence-corrected chi connectivity index (χ0v) is 18.0. The van der Waals surface area contributed by atoms with Gasteiger partial charge in [0, 0.05) is 30.4 Å². The first-order valence-electron chi connectivity index (χ1n) is 10.7. The van der Waals surface area contributed by atoms with Crippen molar-refractivity contribution in [2.45, 2.75) is 38.8 Å². The molecule has 6 atom stereocenters. The van der Waals surface area contributed by atoms with E-state index < -0.39 is 11.8 Å². The Balaban J connectivity index is 1.74. The second-order valence-corrected chi connectivity index (χ2v) is 9.38. The van der Waals surface area contributed by atoms with Crippen LogP contribution in [0.2, 0.25) is 0 Å². The van der Waals surface area contributed by atoms with Crippen LogP contribution in [0.4, 0.5) is 0 Å². The molecule has 1 heterocycles. The summed E-state index contributed by atoms with van der Waals surface area (Å²) in [5.74, 6) is -2.68. The van der Waals surface area contributed by atoms with Gasteiger partial charge in [-0.25, -0.2) is 0 Å². The molecule has 5 rings (SSSR count). The number of amides is 1. The van der Waals surface area contributed by atoms with Crippen LogP contribution >= 0.6 is 0 Å². The monoisotopic (exact) mass is 422 g/mol. The average Bonchev–Trinajstić information content (AvgIpc) is 3.04. The third-order valence-electron chi connectivity index (χ3n) is 7.53. The normalized spacial score (nSPS) is 34.4. The SMILES string of the molecule is CC(C)C1=C(C(N)=O)C(=O)C2C=C3C(=O)c4c(O)cccc4C(C)C3C3ON(C)C1C23. The van der Waals surface area contributed by atoms with Crippen molar-refractivity contribution in [2.24, 2.45) is 29.4 Å². The number of hydroxylamine groups is 2. The van der Waals surface area contributed by atoms with E-state index in [-0.39, 0.29) is 64.3 Å². The van der Waals surface area contributed by atoms with Gasteiger partial charge >= 0.3 is 0 Å². The summed E-state index contributed by atoms with van der Waals surface area (Å²) in [7, 11) is 1.81. The molecule has 1 fully saturated rings. The number of rotatable bonds is 2. The number of fused-ring (bicyclic) bond motifs is 3. The molecule has 6 unspecified atom stereocenters. The van der Waals surface area contributed by atoms with E-state index >= 15 is 0 Å². The quantitative estimate of drug-likeness (QED) is 0.707. The summed E-state index contributed by atoms with van der Waals surface area (Å²) in [4.78, 5) is 45.5. The summed E-state index contributed by atoms with van der Waals surface area (Å²) in [6.07, 6.45) is 1.33. The molecular formula is C24H26N2O5. The van der Waals surface area contributed by atoms with Crippen molar-refractivity contribution in [3.8, 4) is 5.75 Å². The Bertz CT molecular complexity index is 1100. The minimum Gasteiger partial charge on any atom is -0.507 e. The lowest BCUT2D eigenvalue weighted by Crippen LogP contribution is -2.52. The lowest BCUT2D eigenvalue weighted by atomic mass is 9.57. The lowest BCUT2D eigenvalue weighted by molar-refractivity contribution is -0.154. The number of benzene rings is 1. The van der Waals surface area contributed by atoms with E-state index in [2.05, 4.69) is 0 Å². The number of Topliss-reactive ketones (excluding diaryl/α,β-unsaturated/α-hetero) is 2. The molecule has 31 heavy (non-hydrogen) atoms. The molecule has 3 aliphatic carbocycles. The first-order valence-corrected chi connectivity index (χ1v) is 10.7. The highest BCUT2D eigenvalue weighted by Crippen LogP contribution is 2.56. The topological polar surface area (TPSA) is 110 Å². The number of ketones is 2. The molecule has 1 aromatic carbocycles. The number of carbonyl (C=O) groups excluding carboxylic acids is 3. The van der Waals surface area contributed by atoms with Gasteiger partial charge in [-0.2, -0.15) is 5.06 Å². The fraction of sp³-hybridized carbons (Fsp3) is 0.458. The van der Waals surface area contributed by atoms with Crippen LogP contribution in [0.25, 0.3) is 0 Å². The number of nitrogens with two attached hydrogens (primary N) is 1. The smallest absolute Gasteiger partial charge is 0.252 e. The van der Waals surface area contributed by atoms with E-state index in [9.17, 15) is 19.5 Å². The van der Waals surface area contributed by atoms with Crippen molar-refractivity contribution in [1.82, 2.24) is 5.06 Å². The van der Waals surface area contributed by atoms with E-state index in [0.717, 1.165) is 5.56 Å². The second-order valence-electron chi connectivity index (χ2n) is 9.38. The minimum atomic E-state index is -0.740. The molecule has 0 saturated carbocycles. The molecule has 1 saturated heterocycles. The van der Waals surface area contributed by atoms with Gasteiger partial charge < -0.3 is 10.8 Å². The maximum atomic E-state index is 13.5. The van der Waals surface area contributed by atoms with Crippen LogP contribution in [0.15, 0.2) is 41.0 Å². The van der Waals surface area contributed by atoms with Crippen LogP contribution < -0.4 is 5.73 Å². The first-order chi connectivity index (χ1) is 14.6. The molecule has 1 aromatic rings. The highest BCUT2D eigenvalue weighted by molar-refractivity contribution is 6.22. The highest BCUT2D eigenvalue weighted by Gasteiger charge is 2.61. The van der Waals surface area contributed by atoms with Crippen molar-refractivity contribution in [3.63, 3.8) is 0 Å². The standard InChI is InChI=1S/C24H26N2O5/c1-9(2)15-19(24(25)30)22(29)13-8-12-16(23-18(13)20(15)26(4)31-23)10(3)11-6-5-7-14(27)17(11)21(12)28/h5-10,13,16,18,20,23,27H,1-4H3,(H2,25,30). The molecule has 0 radical (unpaired) electrons. The van der Waals surface area contributed by atoms with E-state index in [0.29, 0.717) is 11.1 Å². The van der Waals surface area contributed by atoms with Gasteiger partial charge in [-0.3, -0.25) is 19.2 Å². The van der Waals surface area contributed by atoms with Crippen molar-refractivity contribution in [1.29, 1.82) is 0 Å². The molecule has 162 valence electrons. The summed E-state index contributed by atoms with van der Waals surface area (Å²) in [5, 5.41) is 12.1. The molecule has 4 aliphatic rings. The number of allylic oxidation sites excluding steroid dienone is 1. The van der Waals surface area contributed by atoms with Gasteiger partial charge in [0.1, 0.15) is 5.75 Å². The van der Waals surface area contributed by atoms with Gasteiger partial charge in [-0.1, -0.05) is 39.0 Å². The highest BCUT2D eigenvalue weighted by atomic mass is 16.7. The maximum absolute atomic E-state index is 13.5. The largest absolute Gasteiger partial charge is 0.507 e. The van der Waals surface area contributed by atoms with Gasteiger partial charge in [0.05, 0.1) is 23.3 Å². The average molecular weight is 422 g/mol. The number of aromatic hydroxyl groups is 1. The predicted octanol–water partition coefficient (Wildman–Crippen LogP) is 2.12. The lowest BCUT2D eigenvalue weighted by Gasteiger charge is -2.45. The summed E-state index contributed by atoms with van der Waals surface area (Å²) >= 11 is 0. The van der Waals surface area contributed by atoms with Crippen LogP contribution in [0.1, 0.15) is 42.6 Å². The minimum absolute atomic E-state index is 0.0344. The van der Waals surface area contributed by atoms with E-state index in [1.54, 1.807) is 17.2 Å². The number of hydrogen-bond donors (Lipinski definition) is 2. The number of nitrogens with zero attached hydrogens (tertiary/aromatic N) is 1. The van der Waals surface area contributed by atoms with Crippen LogP contribution in [0.5, 0.6) is 5.75 Å². The van der Waals surface area contributed by atoms with E-state index in [4.69, 9.17) is 10.6 Å². The Morgan fingerprint density at radius 2 is 1.97 bits per heavy atom. The number of likely N-dealkylation sites (N-methyl/N-ethyl adjacent to an activating group) is 1. The molecule has 3 N–H and O–H groups in total. The third kappa shape index (κ3) is 2.50. The summed E-state index contributed by atoms with van der Waals surface area (Å²) < 4.78 is 0. The Kier molecular flexibility index (Phi) is 4.30. The van der Waals surface area contributed by atoms with Crippen molar-refractivity contribution in [3.05, 3.63) is 52.1 Å². The third-order valence-corrected chi connectivity index (χ3v) is 7.53. The Morgan fingerprint density at radius 1 is 1.26 bits per heavy atom. The van der Waals surface area contributed by atoms with Crippen LogP contribution in [0.3, 0.4) is 0 Å². The van der Waals surface area contributed by atoms with Crippen LogP contribution in [0, 0.1) is 23.7 Å². The predicted molar refractivity (Wildman–Crippen MR) is 112 cm³/mol. The summed E-state index contributed by atoms with van der Waals surface area (Å²) in [6, 6.07) is 4.85. The van der Waals surface area contributed by atoms with Gasteiger partial charge in [0.2, 0.25) is 0 Å². The Hall–Kier alpha value is -2.77. The number of primary amides is 1. The van der Waals surface area contributed by atoms with Gasteiger partial charge in [-0.15, -0.1) is 0 Å². The van der Waals surface area contributed by atoms with E-state index in [1.807, 2.05) is 33.9 Å². The number of carbonyl (C=O) groups is 3. The zero-order valence-electron chi connectivity index (χ0n) is 18.0. The van der Waals surface area contributed by atoms with Crippen molar-refractivity contribution in [2.75, 3.05) is 7.05 Å². The molecule has 0 aromatic heterocycles. The fourth-order valence-corrected chi connectivity index (χ4v) is 6.36. The zero-order chi connectivity index (χ0) is 22.4. The van der Waals surface area contributed by atoms with Crippen LogP contribution in [-0.4, -0.2) is 46.8 Å². The maximum Gasteiger partial charge on any atom is 0.252 e. The molecule has 1 aliphatic heterocycles. The fourth-order valence-electron chi connectivity index (χ4n) is 6.36. The number of phenols is 1. The molecule has 7 nitrogen and oxygen atoms in total. The summed E-state index contributed by atoms with van der Waals surface area (Å²) in [5.41, 5.74) is 7.96. The molecule has 7 heteroatoms. The Labute approximate surface area is 180 Å². The van der Waals surface area contributed by atoms with Gasteiger partial charge in [0.15, 0.2) is 11.6 Å².